The molecule has 0 aromatic carbocycles. The average molecular weight is 245 g/mol. The van der Waals surface area contributed by atoms with Crippen molar-refractivity contribution in [2.45, 2.75) is 66.1 Å². The number of aliphatic hydroxyl groups is 1. The van der Waals surface area contributed by atoms with Gasteiger partial charge in [0.1, 0.15) is 5.60 Å². The predicted octanol–water partition coefficient (Wildman–Crippen LogP) is 2.70. The fraction of sp³-hybridized carbons (Fsp3) is 0.923. The standard InChI is InChI=1S/C13H27NO3/c1-11(2,3)17-10(15)14-9-12(4,5)8-13(6,7)16/h16H,8-9H2,1-7H3,(H,14,15). The summed E-state index contributed by atoms with van der Waals surface area (Å²) >= 11 is 0. The summed E-state index contributed by atoms with van der Waals surface area (Å²) in [4.78, 5) is 11.5. The van der Waals surface area contributed by atoms with Crippen molar-refractivity contribution in [2.24, 2.45) is 5.41 Å². The number of carbonyl (C=O) groups is 1. The molecule has 0 spiro atoms. The van der Waals surface area contributed by atoms with Crippen molar-refractivity contribution in [1.82, 2.24) is 5.32 Å². The van der Waals surface area contributed by atoms with Crippen molar-refractivity contribution in [1.29, 1.82) is 0 Å². The van der Waals surface area contributed by atoms with Gasteiger partial charge in [-0.05, 0) is 46.5 Å². The Bertz CT molecular complexity index is 259. The third-order valence-corrected chi connectivity index (χ3v) is 2.02. The first-order chi connectivity index (χ1) is 7.31. The van der Waals surface area contributed by atoms with Crippen LogP contribution in [0, 0.1) is 5.41 Å². The maximum atomic E-state index is 11.5. The Labute approximate surface area is 105 Å². The molecule has 102 valence electrons. The van der Waals surface area contributed by atoms with Crippen LogP contribution in [0.3, 0.4) is 0 Å². The molecule has 1 amide bonds. The van der Waals surface area contributed by atoms with Gasteiger partial charge >= 0.3 is 6.09 Å². The van der Waals surface area contributed by atoms with Gasteiger partial charge in [-0.15, -0.1) is 0 Å². The molecule has 17 heavy (non-hydrogen) atoms. The summed E-state index contributed by atoms with van der Waals surface area (Å²) in [6.07, 6.45) is 0.191. The maximum absolute atomic E-state index is 11.5. The van der Waals surface area contributed by atoms with Crippen molar-refractivity contribution in [2.75, 3.05) is 6.54 Å². The van der Waals surface area contributed by atoms with Crippen LogP contribution in [-0.4, -0.2) is 28.9 Å². The van der Waals surface area contributed by atoms with E-state index in [0.29, 0.717) is 13.0 Å². The molecule has 0 atom stereocenters. The van der Waals surface area contributed by atoms with Crippen LogP contribution in [0.15, 0.2) is 0 Å². The molecule has 0 fully saturated rings. The first-order valence-corrected chi connectivity index (χ1v) is 6.00. The lowest BCUT2D eigenvalue weighted by Gasteiger charge is -2.32. The number of amides is 1. The second kappa shape index (κ2) is 5.25. The van der Waals surface area contributed by atoms with Crippen LogP contribution in [0.5, 0.6) is 0 Å². The summed E-state index contributed by atoms with van der Waals surface area (Å²) in [6, 6.07) is 0. The lowest BCUT2D eigenvalue weighted by atomic mass is 9.82. The van der Waals surface area contributed by atoms with Gasteiger partial charge in [-0.2, -0.15) is 0 Å². The van der Waals surface area contributed by atoms with Gasteiger partial charge in [0.05, 0.1) is 5.60 Å². The van der Waals surface area contributed by atoms with Gasteiger partial charge < -0.3 is 15.2 Å². The van der Waals surface area contributed by atoms with Crippen LogP contribution in [0.25, 0.3) is 0 Å². The van der Waals surface area contributed by atoms with Gasteiger partial charge in [0.2, 0.25) is 0 Å². The van der Waals surface area contributed by atoms with Gasteiger partial charge in [0, 0.05) is 6.54 Å². The zero-order valence-electron chi connectivity index (χ0n) is 12.2. The number of hydrogen-bond donors (Lipinski definition) is 2. The van der Waals surface area contributed by atoms with Crippen molar-refractivity contribution in [3.63, 3.8) is 0 Å². The number of rotatable bonds is 4. The molecule has 2 N–H and O–H groups in total. The van der Waals surface area contributed by atoms with E-state index < -0.39 is 17.3 Å². The summed E-state index contributed by atoms with van der Waals surface area (Å²) in [6.45, 7) is 13.5. The van der Waals surface area contributed by atoms with Crippen LogP contribution in [0.4, 0.5) is 4.79 Å². The van der Waals surface area contributed by atoms with E-state index in [9.17, 15) is 9.90 Å². The molecule has 0 aliphatic carbocycles. The summed E-state index contributed by atoms with van der Waals surface area (Å²) in [5.74, 6) is 0. The minimum Gasteiger partial charge on any atom is -0.444 e. The van der Waals surface area contributed by atoms with Crippen LogP contribution >= 0.6 is 0 Å². The van der Waals surface area contributed by atoms with Crippen molar-refractivity contribution < 1.29 is 14.6 Å². The first-order valence-electron chi connectivity index (χ1n) is 6.00. The molecule has 0 aromatic rings. The second-order valence-electron chi connectivity index (χ2n) is 7.01. The zero-order chi connectivity index (χ0) is 13.9. The lowest BCUT2D eigenvalue weighted by molar-refractivity contribution is 0.0259. The number of ether oxygens (including phenoxy) is 1. The van der Waals surface area contributed by atoms with E-state index in [1.165, 1.54) is 0 Å². The monoisotopic (exact) mass is 245 g/mol. The molecule has 0 bridgehead atoms. The largest absolute Gasteiger partial charge is 0.444 e. The summed E-state index contributed by atoms with van der Waals surface area (Å²) in [5.41, 5.74) is -1.39. The van der Waals surface area contributed by atoms with Crippen molar-refractivity contribution >= 4 is 6.09 Å². The predicted molar refractivity (Wildman–Crippen MR) is 68.9 cm³/mol. The summed E-state index contributed by atoms with van der Waals surface area (Å²) in [7, 11) is 0. The summed E-state index contributed by atoms with van der Waals surface area (Å²) in [5, 5.41) is 12.5. The Morgan fingerprint density at radius 1 is 1.12 bits per heavy atom. The van der Waals surface area contributed by atoms with Crippen LogP contribution < -0.4 is 5.32 Å². The number of carbonyl (C=O) groups excluding carboxylic acids is 1. The zero-order valence-corrected chi connectivity index (χ0v) is 12.2. The fourth-order valence-corrected chi connectivity index (χ4v) is 1.86. The highest BCUT2D eigenvalue weighted by molar-refractivity contribution is 5.67. The Morgan fingerprint density at radius 2 is 1.59 bits per heavy atom. The average Bonchev–Trinajstić information content (AvgIpc) is 1.92. The molecule has 0 radical (unpaired) electrons. The molecule has 0 heterocycles. The summed E-state index contributed by atoms with van der Waals surface area (Å²) < 4.78 is 5.15. The Hall–Kier alpha value is -0.770. The highest BCUT2D eigenvalue weighted by Crippen LogP contribution is 2.26. The van der Waals surface area contributed by atoms with Crippen LogP contribution in [0.2, 0.25) is 0 Å². The van der Waals surface area contributed by atoms with E-state index in [0.717, 1.165) is 0 Å². The van der Waals surface area contributed by atoms with Gasteiger partial charge in [-0.3, -0.25) is 0 Å². The smallest absolute Gasteiger partial charge is 0.407 e. The molecule has 0 rings (SSSR count). The van der Waals surface area contributed by atoms with E-state index in [2.05, 4.69) is 5.32 Å². The fourth-order valence-electron chi connectivity index (χ4n) is 1.86. The van der Waals surface area contributed by atoms with Gasteiger partial charge in [0.15, 0.2) is 0 Å². The van der Waals surface area contributed by atoms with Crippen LogP contribution in [0.1, 0.15) is 54.9 Å². The minimum atomic E-state index is -0.737. The first kappa shape index (κ1) is 16.2. The lowest BCUT2D eigenvalue weighted by Crippen LogP contribution is -2.40. The Morgan fingerprint density at radius 3 is 1.94 bits per heavy atom. The van der Waals surface area contributed by atoms with Gasteiger partial charge in [-0.25, -0.2) is 4.79 Å². The Kier molecular flexibility index (Phi) is 5.02. The second-order valence-corrected chi connectivity index (χ2v) is 7.01. The van der Waals surface area contributed by atoms with Gasteiger partial charge in [0.25, 0.3) is 0 Å². The van der Waals surface area contributed by atoms with E-state index >= 15 is 0 Å². The quantitative estimate of drug-likeness (QED) is 0.800. The van der Waals surface area contributed by atoms with Gasteiger partial charge in [-0.1, -0.05) is 13.8 Å². The van der Waals surface area contributed by atoms with Crippen molar-refractivity contribution in [3.05, 3.63) is 0 Å². The normalized spacial score (nSPS) is 13.4. The molecule has 0 saturated heterocycles. The molecule has 0 saturated carbocycles. The van der Waals surface area contributed by atoms with E-state index in [1.807, 2.05) is 34.6 Å². The van der Waals surface area contributed by atoms with Crippen molar-refractivity contribution in [3.8, 4) is 0 Å². The Balaban J connectivity index is 4.15. The van der Waals surface area contributed by atoms with E-state index in [1.54, 1.807) is 13.8 Å². The van der Waals surface area contributed by atoms with E-state index in [-0.39, 0.29) is 5.41 Å². The highest BCUT2D eigenvalue weighted by atomic mass is 16.6. The molecule has 4 nitrogen and oxygen atoms in total. The molecular weight excluding hydrogens is 218 g/mol. The SMILES string of the molecule is CC(C)(O)CC(C)(C)CNC(=O)OC(C)(C)C. The third kappa shape index (κ3) is 10.1. The molecule has 0 aliphatic heterocycles. The van der Waals surface area contributed by atoms with Crippen LogP contribution in [-0.2, 0) is 4.74 Å². The maximum Gasteiger partial charge on any atom is 0.407 e. The highest BCUT2D eigenvalue weighted by Gasteiger charge is 2.28. The number of nitrogens with one attached hydrogen (secondary N) is 1. The molecule has 0 aliphatic rings. The van der Waals surface area contributed by atoms with E-state index in [4.69, 9.17) is 4.74 Å². The molecule has 4 heteroatoms. The topological polar surface area (TPSA) is 58.6 Å². The third-order valence-electron chi connectivity index (χ3n) is 2.02. The molecular formula is C13H27NO3. The molecule has 0 unspecified atom stereocenters. The minimum absolute atomic E-state index is 0.171. The number of hydrogen-bond acceptors (Lipinski definition) is 3. The number of alkyl carbamates (subject to hydrolysis) is 1. The molecule has 0 aromatic heterocycles.